The molecule has 0 radical (unpaired) electrons. The third-order valence-electron chi connectivity index (χ3n) is 2.70. The molecular weight excluding hydrogens is 206 g/mol. The van der Waals surface area contributed by atoms with Crippen LogP contribution in [0.15, 0.2) is 5.38 Å². The lowest BCUT2D eigenvalue weighted by atomic mass is 10.2. The molecule has 84 valence electrons. The molecule has 0 aliphatic carbocycles. The van der Waals surface area contributed by atoms with Crippen molar-refractivity contribution in [1.29, 1.82) is 0 Å². The van der Waals surface area contributed by atoms with E-state index in [1.165, 1.54) is 23.5 Å². The molecule has 1 fully saturated rings. The van der Waals surface area contributed by atoms with Crippen LogP contribution in [-0.4, -0.2) is 24.6 Å². The Hall–Kier alpha value is -0.450. The van der Waals surface area contributed by atoms with E-state index in [1.54, 1.807) is 11.3 Å². The van der Waals surface area contributed by atoms with E-state index >= 15 is 0 Å². The van der Waals surface area contributed by atoms with Crippen LogP contribution in [0.2, 0.25) is 0 Å². The summed E-state index contributed by atoms with van der Waals surface area (Å²) < 4.78 is 0. The lowest BCUT2D eigenvalue weighted by Gasteiger charge is -2.22. The predicted octanol–water partition coefficient (Wildman–Crippen LogP) is 1.72. The smallest absolute Gasteiger partial charge is 0.111 e. The first-order valence-electron chi connectivity index (χ1n) is 5.78. The highest BCUT2D eigenvalue weighted by atomic mass is 32.1. The molecule has 1 saturated heterocycles. The summed E-state index contributed by atoms with van der Waals surface area (Å²) in [5.74, 6) is 0. The van der Waals surface area contributed by atoms with E-state index in [1.807, 2.05) is 0 Å². The molecule has 4 heteroatoms. The average molecular weight is 225 g/mol. The second kappa shape index (κ2) is 5.58. The zero-order valence-corrected chi connectivity index (χ0v) is 10.1. The first-order valence-corrected chi connectivity index (χ1v) is 6.66. The minimum Gasteiger partial charge on any atom is -0.313 e. The molecule has 1 aromatic heterocycles. The molecule has 1 aliphatic rings. The van der Waals surface area contributed by atoms with Gasteiger partial charge in [0, 0.05) is 25.0 Å². The van der Waals surface area contributed by atoms with Crippen LogP contribution in [0.1, 0.15) is 36.5 Å². The Labute approximate surface area is 95.3 Å². The maximum Gasteiger partial charge on any atom is 0.111 e. The number of nitrogens with zero attached hydrogens (tertiary/aromatic N) is 1. The maximum atomic E-state index is 4.69. The number of thiazole rings is 1. The molecule has 1 aliphatic heterocycles. The van der Waals surface area contributed by atoms with E-state index in [0.29, 0.717) is 6.04 Å². The van der Waals surface area contributed by atoms with Crippen molar-refractivity contribution in [3.05, 3.63) is 16.1 Å². The Morgan fingerprint density at radius 2 is 2.47 bits per heavy atom. The Morgan fingerprint density at radius 1 is 1.53 bits per heavy atom. The minimum atomic E-state index is 0.430. The molecule has 0 amide bonds. The van der Waals surface area contributed by atoms with Crippen LogP contribution in [-0.2, 0) is 6.42 Å². The van der Waals surface area contributed by atoms with E-state index in [-0.39, 0.29) is 0 Å². The molecule has 0 aromatic carbocycles. The fraction of sp³-hybridized carbons (Fsp3) is 0.727. The number of piperazine rings is 1. The summed E-state index contributed by atoms with van der Waals surface area (Å²) in [4.78, 5) is 4.69. The van der Waals surface area contributed by atoms with Gasteiger partial charge in [-0.1, -0.05) is 13.3 Å². The number of nitrogens with one attached hydrogen (secondary N) is 2. The number of unbranched alkanes of at least 4 members (excludes halogenated alkanes) is 1. The predicted molar refractivity (Wildman–Crippen MR) is 64.3 cm³/mol. The van der Waals surface area contributed by atoms with Crippen LogP contribution in [0.25, 0.3) is 0 Å². The normalized spacial score (nSPS) is 21.8. The number of aromatic nitrogens is 1. The average Bonchev–Trinajstić information content (AvgIpc) is 2.76. The number of hydrogen-bond donors (Lipinski definition) is 2. The molecule has 2 rings (SSSR count). The van der Waals surface area contributed by atoms with Gasteiger partial charge in [0.1, 0.15) is 5.01 Å². The van der Waals surface area contributed by atoms with Gasteiger partial charge >= 0.3 is 0 Å². The van der Waals surface area contributed by atoms with Crippen LogP contribution in [0.4, 0.5) is 0 Å². The Balaban J connectivity index is 1.93. The van der Waals surface area contributed by atoms with Gasteiger partial charge in [-0.15, -0.1) is 11.3 Å². The topological polar surface area (TPSA) is 37.0 Å². The van der Waals surface area contributed by atoms with Gasteiger partial charge in [-0.05, 0) is 12.8 Å². The summed E-state index contributed by atoms with van der Waals surface area (Å²) >= 11 is 1.79. The van der Waals surface area contributed by atoms with E-state index in [2.05, 4.69) is 27.9 Å². The van der Waals surface area contributed by atoms with Crippen LogP contribution < -0.4 is 10.6 Å². The second-order valence-electron chi connectivity index (χ2n) is 3.99. The number of hydrogen-bond acceptors (Lipinski definition) is 4. The summed E-state index contributed by atoms with van der Waals surface area (Å²) in [7, 11) is 0. The van der Waals surface area contributed by atoms with Gasteiger partial charge in [0.25, 0.3) is 0 Å². The van der Waals surface area contributed by atoms with Crippen molar-refractivity contribution >= 4 is 11.3 Å². The molecule has 1 unspecified atom stereocenters. The monoisotopic (exact) mass is 225 g/mol. The summed E-state index contributed by atoms with van der Waals surface area (Å²) in [6, 6.07) is 0.430. The van der Waals surface area contributed by atoms with E-state index in [9.17, 15) is 0 Å². The standard InChI is InChI=1S/C11H19N3S/c1-2-3-4-9-8-15-11(14-9)10-7-12-5-6-13-10/h8,10,12-13H,2-7H2,1H3. The van der Waals surface area contributed by atoms with Gasteiger partial charge < -0.3 is 10.6 Å². The Bertz CT molecular complexity index is 292. The fourth-order valence-corrected chi connectivity index (χ4v) is 2.71. The largest absolute Gasteiger partial charge is 0.313 e. The van der Waals surface area contributed by atoms with Gasteiger partial charge in [-0.3, -0.25) is 0 Å². The van der Waals surface area contributed by atoms with Crippen LogP contribution in [0.3, 0.4) is 0 Å². The van der Waals surface area contributed by atoms with Gasteiger partial charge in [0.15, 0.2) is 0 Å². The lowest BCUT2D eigenvalue weighted by molar-refractivity contribution is 0.428. The second-order valence-corrected chi connectivity index (χ2v) is 4.88. The molecule has 0 saturated carbocycles. The summed E-state index contributed by atoms with van der Waals surface area (Å²) in [5, 5.41) is 10.3. The lowest BCUT2D eigenvalue weighted by Crippen LogP contribution is -2.42. The van der Waals surface area contributed by atoms with Crippen molar-refractivity contribution in [1.82, 2.24) is 15.6 Å². The zero-order valence-electron chi connectivity index (χ0n) is 9.25. The molecule has 15 heavy (non-hydrogen) atoms. The number of rotatable bonds is 4. The van der Waals surface area contributed by atoms with Crippen molar-refractivity contribution < 1.29 is 0 Å². The first kappa shape index (κ1) is 11.0. The Morgan fingerprint density at radius 3 is 3.20 bits per heavy atom. The van der Waals surface area contributed by atoms with Gasteiger partial charge in [0.2, 0.25) is 0 Å². The summed E-state index contributed by atoms with van der Waals surface area (Å²) in [6.07, 6.45) is 3.63. The van der Waals surface area contributed by atoms with Crippen molar-refractivity contribution in [2.24, 2.45) is 0 Å². The highest BCUT2D eigenvalue weighted by molar-refractivity contribution is 7.09. The van der Waals surface area contributed by atoms with E-state index in [0.717, 1.165) is 26.1 Å². The fourth-order valence-electron chi connectivity index (χ4n) is 1.78. The molecule has 1 atom stereocenters. The molecular formula is C11H19N3S. The third kappa shape index (κ3) is 3.00. The van der Waals surface area contributed by atoms with Crippen molar-refractivity contribution in [3.63, 3.8) is 0 Å². The van der Waals surface area contributed by atoms with Crippen molar-refractivity contribution in [2.45, 2.75) is 32.2 Å². The van der Waals surface area contributed by atoms with Gasteiger partial charge in [-0.25, -0.2) is 4.98 Å². The molecule has 3 nitrogen and oxygen atoms in total. The molecule has 0 spiro atoms. The molecule has 2 heterocycles. The zero-order chi connectivity index (χ0) is 10.5. The highest BCUT2D eigenvalue weighted by Gasteiger charge is 2.17. The van der Waals surface area contributed by atoms with E-state index < -0.39 is 0 Å². The number of aryl methyl sites for hydroxylation is 1. The molecule has 0 bridgehead atoms. The quantitative estimate of drug-likeness (QED) is 0.819. The summed E-state index contributed by atoms with van der Waals surface area (Å²) in [6.45, 7) is 5.36. The van der Waals surface area contributed by atoms with Gasteiger partial charge in [-0.2, -0.15) is 0 Å². The maximum absolute atomic E-state index is 4.69. The first-order chi connectivity index (χ1) is 7.40. The molecule has 1 aromatic rings. The minimum absolute atomic E-state index is 0.430. The Kier molecular flexibility index (Phi) is 4.11. The van der Waals surface area contributed by atoms with Gasteiger partial charge in [0.05, 0.1) is 11.7 Å². The van der Waals surface area contributed by atoms with E-state index in [4.69, 9.17) is 0 Å². The van der Waals surface area contributed by atoms with Crippen molar-refractivity contribution in [2.75, 3.05) is 19.6 Å². The highest BCUT2D eigenvalue weighted by Crippen LogP contribution is 2.19. The van der Waals surface area contributed by atoms with Crippen molar-refractivity contribution in [3.8, 4) is 0 Å². The van der Waals surface area contributed by atoms with Crippen LogP contribution >= 0.6 is 11.3 Å². The van der Waals surface area contributed by atoms with Crippen LogP contribution in [0.5, 0.6) is 0 Å². The molecule has 2 N–H and O–H groups in total. The van der Waals surface area contributed by atoms with Crippen LogP contribution in [0, 0.1) is 0 Å². The third-order valence-corrected chi connectivity index (χ3v) is 3.70. The summed E-state index contributed by atoms with van der Waals surface area (Å²) in [5.41, 5.74) is 1.27. The SMILES string of the molecule is CCCCc1csc(C2CNCCN2)n1.